The zero-order valence-electron chi connectivity index (χ0n) is 18.7. The minimum absolute atomic E-state index is 0. The smallest absolute Gasteiger partial charge is 0.231 e. The molecule has 0 aromatic heterocycles. The topological polar surface area (TPSA) is 73.3 Å². The molecule has 7 nitrogen and oxygen atoms in total. The molecule has 0 radical (unpaired) electrons. The highest BCUT2D eigenvalue weighted by Gasteiger charge is 2.34. The average molecular weight is 553 g/mol. The van der Waals surface area contributed by atoms with Gasteiger partial charge in [0.2, 0.25) is 6.79 Å². The molecule has 2 aromatic rings. The number of rotatable bonds is 7. The molecular formula is C24H32IN3O4. The molecule has 0 saturated carbocycles. The number of hydrogen-bond donors (Lipinski definition) is 2. The van der Waals surface area contributed by atoms with E-state index >= 15 is 0 Å². The summed E-state index contributed by atoms with van der Waals surface area (Å²) in [5.74, 6) is 3.32. The molecule has 8 heteroatoms. The lowest BCUT2D eigenvalue weighted by molar-refractivity contribution is 0.0513. The van der Waals surface area contributed by atoms with Crippen molar-refractivity contribution in [3.05, 3.63) is 53.6 Å². The van der Waals surface area contributed by atoms with Crippen LogP contribution in [0.4, 0.5) is 0 Å². The Balaban J connectivity index is 0.00000289. The van der Waals surface area contributed by atoms with Gasteiger partial charge in [-0.2, -0.15) is 0 Å². The zero-order chi connectivity index (χ0) is 21.5. The van der Waals surface area contributed by atoms with E-state index in [4.69, 9.17) is 18.9 Å². The van der Waals surface area contributed by atoms with Crippen molar-refractivity contribution < 1.29 is 18.9 Å². The van der Waals surface area contributed by atoms with Gasteiger partial charge >= 0.3 is 0 Å². The van der Waals surface area contributed by atoms with Crippen molar-refractivity contribution in [3.63, 3.8) is 0 Å². The Bertz CT molecular complexity index is 899. The molecule has 2 aliphatic heterocycles. The highest BCUT2D eigenvalue weighted by Crippen LogP contribution is 2.35. The second-order valence-electron chi connectivity index (χ2n) is 7.91. The maximum absolute atomic E-state index is 5.65. The van der Waals surface area contributed by atoms with Gasteiger partial charge in [0.15, 0.2) is 17.5 Å². The van der Waals surface area contributed by atoms with E-state index in [-0.39, 0.29) is 29.4 Å². The second-order valence-corrected chi connectivity index (χ2v) is 7.91. The number of aliphatic imine (C=N–C) groups is 1. The van der Waals surface area contributed by atoms with Crippen molar-refractivity contribution in [1.29, 1.82) is 0 Å². The zero-order valence-corrected chi connectivity index (χ0v) is 21.0. The average Bonchev–Trinajstić information content (AvgIpc) is 3.30. The summed E-state index contributed by atoms with van der Waals surface area (Å²) >= 11 is 0. The van der Waals surface area contributed by atoms with Crippen molar-refractivity contribution in [1.82, 2.24) is 10.6 Å². The van der Waals surface area contributed by atoms with E-state index in [1.165, 1.54) is 11.1 Å². The van der Waals surface area contributed by atoms with E-state index in [0.29, 0.717) is 6.79 Å². The molecule has 0 spiro atoms. The van der Waals surface area contributed by atoms with Crippen LogP contribution in [0.2, 0.25) is 0 Å². The quantitative estimate of drug-likeness (QED) is 0.311. The molecule has 2 heterocycles. The van der Waals surface area contributed by atoms with Gasteiger partial charge in [-0.1, -0.05) is 18.2 Å². The molecule has 0 amide bonds. The van der Waals surface area contributed by atoms with E-state index in [9.17, 15) is 0 Å². The normalized spacial score (nSPS) is 16.8. The Kier molecular flexibility index (Phi) is 8.86. The molecule has 4 rings (SSSR count). The van der Waals surface area contributed by atoms with Crippen molar-refractivity contribution in [2.75, 3.05) is 47.3 Å². The Morgan fingerprint density at radius 2 is 1.78 bits per heavy atom. The fourth-order valence-corrected chi connectivity index (χ4v) is 4.17. The summed E-state index contributed by atoms with van der Waals surface area (Å²) in [6.07, 6.45) is 2.82. The van der Waals surface area contributed by atoms with Crippen LogP contribution in [-0.2, 0) is 16.6 Å². The van der Waals surface area contributed by atoms with Crippen LogP contribution in [-0.4, -0.2) is 53.2 Å². The molecule has 32 heavy (non-hydrogen) atoms. The van der Waals surface area contributed by atoms with Crippen molar-refractivity contribution in [2.45, 2.75) is 24.7 Å². The van der Waals surface area contributed by atoms with Crippen LogP contribution in [0.15, 0.2) is 47.5 Å². The second kappa shape index (κ2) is 11.6. The van der Waals surface area contributed by atoms with Gasteiger partial charge in [0.1, 0.15) is 5.75 Å². The summed E-state index contributed by atoms with van der Waals surface area (Å²) in [7, 11) is 3.50. The third-order valence-corrected chi connectivity index (χ3v) is 6.11. The number of nitrogens with zero attached hydrogens (tertiary/aromatic N) is 1. The summed E-state index contributed by atoms with van der Waals surface area (Å²) in [6.45, 7) is 3.41. The first kappa shape index (κ1) is 24.4. The molecule has 0 unspecified atom stereocenters. The van der Waals surface area contributed by atoms with Gasteiger partial charge in [-0.3, -0.25) is 4.99 Å². The number of guanidine groups is 1. The fraction of sp³-hybridized carbons (Fsp3) is 0.458. The van der Waals surface area contributed by atoms with Gasteiger partial charge in [-0.05, 0) is 54.7 Å². The Labute approximate surface area is 206 Å². The third kappa shape index (κ3) is 5.78. The van der Waals surface area contributed by atoms with Gasteiger partial charge in [-0.15, -0.1) is 24.0 Å². The van der Waals surface area contributed by atoms with Crippen LogP contribution in [0.3, 0.4) is 0 Å². The van der Waals surface area contributed by atoms with E-state index in [2.05, 4.69) is 33.8 Å². The Morgan fingerprint density at radius 3 is 2.50 bits per heavy atom. The molecule has 0 atom stereocenters. The lowest BCUT2D eigenvalue weighted by Crippen LogP contribution is -2.48. The van der Waals surface area contributed by atoms with Gasteiger partial charge in [0, 0.05) is 38.8 Å². The van der Waals surface area contributed by atoms with Gasteiger partial charge in [0.25, 0.3) is 0 Å². The molecule has 1 saturated heterocycles. The predicted molar refractivity (Wildman–Crippen MR) is 136 cm³/mol. The van der Waals surface area contributed by atoms with Crippen LogP contribution < -0.4 is 24.8 Å². The Morgan fingerprint density at radius 1 is 1.03 bits per heavy atom. The first-order valence-electron chi connectivity index (χ1n) is 10.8. The monoisotopic (exact) mass is 553 g/mol. The van der Waals surface area contributed by atoms with Crippen molar-refractivity contribution in [3.8, 4) is 17.2 Å². The maximum atomic E-state index is 5.65. The standard InChI is InChI=1S/C24H31N3O4.HI/c1-25-23(26-12-9-18-3-8-21-22(15-18)31-17-30-21)27-16-24(10-13-29-14-11-24)19-4-6-20(28-2)7-5-19;/h3-8,15H,9-14,16-17H2,1-2H3,(H2,25,26,27);1H. The minimum atomic E-state index is 0. The number of ether oxygens (including phenoxy) is 4. The van der Waals surface area contributed by atoms with Crippen LogP contribution >= 0.6 is 24.0 Å². The summed E-state index contributed by atoms with van der Waals surface area (Å²) in [5.41, 5.74) is 2.52. The number of fused-ring (bicyclic) bond motifs is 1. The predicted octanol–water partition coefficient (Wildman–Crippen LogP) is 3.50. The fourth-order valence-electron chi connectivity index (χ4n) is 4.17. The summed E-state index contributed by atoms with van der Waals surface area (Å²) in [6, 6.07) is 14.5. The number of nitrogens with one attached hydrogen (secondary N) is 2. The molecule has 2 aromatic carbocycles. The number of hydrogen-bond acceptors (Lipinski definition) is 5. The molecular weight excluding hydrogens is 521 g/mol. The third-order valence-electron chi connectivity index (χ3n) is 6.11. The van der Waals surface area contributed by atoms with Gasteiger partial charge in [-0.25, -0.2) is 0 Å². The molecule has 2 N–H and O–H groups in total. The molecule has 0 aliphatic carbocycles. The van der Waals surface area contributed by atoms with E-state index in [1.807, 2.05) is 24.3 Å². The molecule has 2 aliphatic rings. The van der Waals surface area contributed by atoms with Crippen LogP contribution in [0.5, 0.6) is 17.2 Å². The number of benzene rings is 2. The van der Waals surface area contributed by atoms with E-state index < -0.39 is 0 Å². The lowest BCUT2D eigenvalue weighted by atomic mass is 9.74. The van der Waals surface area contributed by atoms with Crippen molar-refractivity contribution in [2.24, 2.45) is 4.99 Å². The van der Waals surface area contributed by atoms with Crippen LogP contribution in [0.1, 0.15) is 24.0 Å². The minimum Gasteiger partial charge on any atom is -0.497 e. The summed E-state index contributed by atoms with van der Waals surface area (Å²) < 4.78 is 21.8. The number of halogens is 1. The van der Waals surface area contributed by atoms with Crippen molar-refractivity contribution >= 4 is 29.9 Å². The molecule has 1 fully saturated rings. The highest BCUT2D eigenvalue weighted by molar-refractivity contribution is 14.0. The summed E-state index contributed by atoms with van der Waals surface area (Å²) in [4.78, 5) is 4.41. The SMILES string of the molecule is CN=C(NCCc1ccc2c(c1)OCO2)NCC1(c2ccc(OC)cc2)CCOCC1.I. The molecule has 0 bridgehead atoms. The van der Waals surface area contributed by atoms with Crippen LogP contribution in [0.25, 0.3) is 0 Å². The largest absolute Gasteiger partial charge is 0.497 e. The first-order valence-corrected chi connectivity index (χ1v) is 10.8. The van der Waals surface area contributed by atoms with Gasteiger partial charge in [0.05, 0.1) is 7.11 Å². The summed E-state index contributed by atoms with van der Waals surface area (Å²) in [5, 5.41) is 6.97. The number of methoxy groups -OCH3 is 1. The maximum Gasteiger partial charge on any atom is 0.231 e. The first-order chi connectivity index (χ1) is 15.2. The van der Waals surface area contributed by atoms with Crippen LogP contribution in [0, 0.1) is 0 Å². The Hall–Kier alpha value is -2.20. The lowest BCUT2D eigenvalue weighted by Gasteiger charge is -2.38. The van der Waals surface area contributed by atoms with Gasteiger partial charge < -0.3 is 29.6 Å². The van der Waals surface area contributed by atoms with E-state index in [1.54, 1.807) is 14.2 Å². The highest BCUT2D eigenvalue weighted by atomic mass is 127. The van der Waals surface area contributed by atoms with E-state index in [0.717, 1.165) is 68.8 Å². The molecule has 174 valence electrons.